The molecule has 0 aliphatic rings. The summed E-state index contributed by atoms with van der Waals surface area (Å²) in [7, 11) is 42.7. The average molecular weight is 462 g/mol. The molecule has 0 atom stereocenters. The van der Waals surface area contributed by atoms with E-state index in [0.717, 1.165) is 20.2 Å². The first-order chi connectivity index (χ1) is 17.1. The van der Waals surface area contributed by atoms with Gasteiger partial charge in [0.15, 0.2) is 0 Å². The van der Waals surface area contributed by atoms with Crippen LogP contribution >= 0.6 is 11.3 Å². The lowest BCUT2D eigenvalue weighted by Gasteiger charge is -2.18. The van der Waals surface area contributed by atoms with Gasteiger partial charge in [-0.25, -0.2) is 0 Å². The van der Waals surface area contributed by atoms with E-state index in [9.17, 15) is 10.0 Å². The molecule has 2 aromatic heterocycles. The predicted octanol–water partition coefficient (Wildman–Crippen LogP) is -3.61. The number of hydrogen-bond donors (Lipinski definition) is 2. The Labute approximate surface area is 221 Å². The quantitative estimate of drug-likeness (QED) is 0.262. The van der Waals surface area contributed by atoms with Crippen LogP contribution in [0.2, 0.25) is 0 Å². The highest BCUT2D eigenvalue weighted by Gasteiger charge is 2.26. The third-order valence-electron chi connectivity index (χ3n) is 6.84. The molecule has 12 heteroatoms. The topological polar surface area (TPSA) is 45.4 Å². The molecular formula is C24H9B8NO2S. The molecule has 152 valence electrons. The fraction of sp³-hybridized carbons (Fsp3) is 0. The molecule has 0 saturated heterocycles. The van der Waals surface area contributed by atoms with Crippen LogP contribution in [0.3, 0.4) is 0 Å². The maximum atomic E-state index is 10.0. The summed E-state index contributed by atoms with van der Waals surface area (Å²) in [6.07, 6.45) is 0. The molecule has 0 aliphatic heterocycles. The summed E-state index contributed by atoms with van der Waals surface area (Å²) in [4.78, 5) is 0. The maximum Gasteiger partial charge on any atom is 0.487 e. The van der Waals surface area contributed by atoms with Crippen molar-refractivity contribution >= 4 is 159 Å². The molecule has 14 radical (unpaired) electrons. The molecule has 0 fully saturated rings. The first-order valence-electron chi connectivity index (χ1n) is 11.0. The van der Waals surface area contributed by atoms with Crippen LogP contribution in [0.1, 0.15) is 0 Å². The van der Waals surface area contributed by atoms with Crippen molar-refractivity contribution in [3.63, 3.8) is 0 Å². The van der Waals surface area contributed by atoms with Gasteiger partial charge in [0, 0.05) is 36.9 Å². The third kappa shape index (κ3) is 3.04. The van der Waals surface area contributed by atoms with Gasteiger partial charge in [-0.3, -0.25) is 0 Å². The van der Waals surface area contributed by atoms with Crippen molar-refractivity contribution in [3.8, 4) is 5.69 Å². The minimum Gasteiger partial charge on any atom is -0.423 e. The van der Waals surface area contributed by atoms with E-state index < -0.39 is 7.12 Å². The standard InChI is InChI=1S/C24H9B8NO2S/c25-15-13-14-16(26)22(32(34)35)19(29)21(31)24(14)33(23(13)20(30)18(28)17(15)27)8-5-6-12-10(7-8)9-3-1-2-4-11(9)36-12/h1-7,34-35H. The first-order valence-corrected chi connectivity index (χ1v) is 11.8. The second kappa shape index (κ2) is 8.17. The zero-order chi connectivity index (χ0) is 25.6. The molecule has 2 heterocycles. The van der Waals surface area contributed by atoms with Crippen molar-refractivity contribution in [1.82, 2.24) is 4.57 Å². The van der Waals surface area contributed by atoms with Gasteiger partial charge in [0.2, 0.25) is 0 Å². The van der Waals surface area contributed by atoms with Gasteiger partial charge < -0.3 is 14.6 Å². The van der Waals surface area contributed by atoms with E-state index in [0.29, 0.717) is 27.5 Å². The largest absolute Gasteiger partial charge is 0.487 e. The number of benzene rings is 4. The van der Waals surface area contributed by atoms with Crippen LogP contribution in [0.15, 0.2) is 42.5 Å². The summed E-state index contributed by atoms with van der Waals surface area (Å²) in [5.74, 6) is 0. The summed E-state index contributed by atoms with van der Waals surface area (Å²) in [5.41, 5.74) is 2.04. The van der Waals surface area contributed by atoms with E-state index in [2.05, 4.69) is 12.1 Å². The number of thiophene rings is 1. The Balaban J connectivity index is 1.88. The van der Waals surface area contributed by atoms with Gasteiger partial charge in [-0.15, -0.1) is 27.7 Å². The minimum absolute atomic E-state index is 0.00721. The highest BCUT2D eigenvalue weighted by molar-refractivity contribution is 7.25. The monoisotopic (exact) mass is 463 g/mol. The van der Waals surface area contributed by atoms with Gasteiger partial charge in [-0.2, -0.15) is 0 Å². The number of hydrogen-bond acceptors (Lipinski definition) is 3. The minimum atomic E-state index is -1.96. The van der Waals surface area contributed by atoms with E-state index in [-0.39, 0.29) is 43.7 Å². The molecule has 36 heavy (non-hydrogen) atoms. The summed E-state index contributed by atoms with van der Waals surface area (Å²) < 4.78 is 4.06. The van der Waals surface area contributed by atoms with Crippen molar-refractivity contribution in [2.45, 2.75) is 0 Å². The van der Waals surface area contributed by atoms with Crippen molar-refractivity contribution in [2.75, 3.05) is 0 Å². The van der Waals surface area contributed by atoms with E-state index in [1.807, 2.05) is 30.3 Å². The van der Waals surface area contributed by atoms with Gasteiger partial charge in [-0.1, -0.05) is 40.1 Å². The van der Waals surface area contributed by atoms with Crippen molar-refractivity contribution < 1.29 is 10.0 Å². The Bertz CT molecular complexity index is 1910. The summed E-state index contributed by atoms with van der Waals surface area (Å²) in [6, 6.07) is 14.1. The zero-order valence-electron chi connectivity index (χ0n) is 18.9. The third-order valence-corrected chi connectivity index (χ3v) is 7.99. The van der Waals surface area contributed by atoms with Crippen LogP contribution in [0.25, 0.3) is 47.7 Å². The molecule has 6 rings (SSSR count). The van der Waals surface area contributed by atoms with Crippen LogP contribution in [-0.4, -0.2) is 76.7 Å². The van der Waals surface area contributed by atoms with E-state index >= 15 is 0 Å². The van der Waals surface area contributed by atoms with Crippen molar-refractivity contribution in [1.29, 1.82) is 0 Å². The fourth-order valence-corrected chi connectivity index (χ4v) is 6.19. The van der Waals surface area contributed by atoms with Gasteiger partial charge in [0.1, 0.15) is 54.9 Å². The van der Waals surface area contributed by atoms with Crippen LogP contribution in [-0.2, 0) is 0 Å². The van der Waals surface area contributed by atoms with Crippen LogP contribution in [0, 0.1) is 0 Å². The number of aromatic nitrogens is 1. The normalized spacial score (nSPS) is 11.8. The Hall–Kier alpha value is -2.66. The molecule has 0 saturated carbocycles. The molecule has 0 aliphatic carbocycles. The van der Waals surface area contributed by atoms with Crippen LogP contribution in [0.4, 0.5) is 0 Å². The highest BCUT2D eigenvalue weighted by Crippen LogP contribution is 2.36. The van der Waals surface area contributed by atoms with Gasteiger partial charge >= 0.3 is 7.12 Å². The molecule has 4 aromatic carbocycles. The fourth-order valence-electron chi connectivity index (χ4n) is 5.10. The average Bonchev–Trinajstić information content (AvgIpc) is 3.41. The Morgan fingerprint density at radius 3 is 1.89 bits per heavy atom. The number of nitrogens with zero attached hydrogens (tertiary/aromatic N) is 1. The van der Waals surface area contributed by atoms with Gasteiger partial charge in [0.25, 0.3) is 0 Å². The highest BCUT2D eigenvalue weighted by atomic mass is 32.1. The SMILES string of the molecule is [B]c1c([B])c([B])c2c(c1[B])c1c([B])c(B(O)O)c([B])c([B])c1n2-c1ccc2sc3ccccc3c2c1. The second-order valence-electron chi connectivity index (χ2n) is 8.74. The summed E-state index contributed by atoms with van der Waals surface area (Å²) in [6.45, 7) is 0. The van der Waals surface area contributed by atoms with E-state index in [4.69, 9.17) is 54.9 Å². The van der Waals surface area contributed by atoms with Gasteiger partial charge in [0.05, 0.1) is 0 Å². The predicted molar refractivity (Wildman–Crippen MR) is 161 cm³/mol. The maximum absolute atomic E-state index is 10.0. The Morgan fingerprint density at radius 2 is 1.19 bits per heavy atom. The molecule has 0 amide bonds. The second-order valence-corrected chi connectivity index (χ2v) is 9.83. The lowest BCUT2D eigenvalue weighted by molar-refractivity contribution is 0.426. The molecule has 0 unspecified atom stereocenters. The zero-order valence-corrected chi connectivity index (χ0v) is 19.7. The van der Waals surface area contributed by atoms with E-state index in [1.54, 1.807) is 15.9 Å². The molecule has 2 N–H and O–H groups in total. The Morgan fingerprint density at radius 1 is 0.611 bits per heavy atom. The lowest BCUT2D eigenvalue weighted by atomic mass is 9.59. The lowest BCUT2D eigenvalue weighted by Crippen LogP contribution is -2.56. The van der Waals surface area contributed by atoms with Crippen LogP contribution < -0.4 is 43.7 Å². The van der Waals surface area contributed by atoms with E-state index in [1.165, 1.54) is 0 Å². The molecular weight excluding hydrogens is 453 g/mol. The molecule has 0 bridgehead atoms. The molecule has 6 aromatic rings. The number of rotatable bonds is 2. The van der Waals surface area contributed by atoms with Crippen molar-refractivity contribution in [2.24, 2.45) is 0 Å². The summed E-state index contributed by atoms with van der Waals surface area (Å²) in [5, 5.41) is 22.9. The van der Waals surface area contributed by atoms with Crippen LogP contribution in [0.5, 0.6) is 0 Å². The smallest absolute Gasteiger partial charge is 0.423 e. The molecule has 0 spiro atoms. The first kappa shape index (κ1) is 23.7. The number of fused-ring (bicyclic) bond motifs is 6. The van der Waals surface area contributed by atoms with Gasteiger partial charge in [-0.05, 0) is 40.5 Å². The molecule has 3 nitrogen and oxygen atoms in total. The van der Waals surface area contributed by atoms with Crippen molar-refractivity contribution in [3.05, 3.63) is 42.5 Å². The summed E-state index contributed by atoms with van der Waals surface area (Å²) >= 11 is 1.69. The Kier molecular flexibility index (Phi) is 5.39.